The lowest BCUT2D eigenvalue weighted by atomic mass is 9.93. The summed E-state index contributed by atoms with van der Waals surface area (Å²) in [7, 11) is 0. The zero-order valence-corrected chi connectivity index (χ0v) is 19.5. The summed E-state index contributed by atoms with van der Waals surface area (Å²) in [5, 5.41) is 10.4. The van der Waals surface area contributed by atoms with Crippen LogP contribution in [0.1, 0.15) is 37.8 Å². The summed E-state index contributed by atoms with van der Waals surface area (Å²) in [6, 6.07) is 19.3. The van der Waals surface area contributed by atoms with Gasteiger partial charge >= 0.3 is 6.03 Å². The van der Waals surface area contributed by atoms with E-state index in [4.69, 9.17) is 5.10 Å². The van der Waals surface area contributed by atoms with Crippen molar-refractivity contribution >= 4 is 17.8 Å². The minimum absolute atomic E-state index is 0.230. The van der Waals surface area contributed by atoms with Crippen LogP contribution in [0, 0.1) is 0 Å². The Morgan fingerprint density at radius 3 is 2.26 bits per heavy atom. The van der Waals surface area contributed by atoms with Gasteiger partial charge in [-0.3, -0.25) is 19.2 Å². The molecule has 1 saturated heterocycles. The second kappa shape index (κ2) is 9.91. The van der Waals surface area contributed by atoms with E-state index < -0.39 is 17.5 Å². The molecule has 0 radical (unpaired) electrons. The van der Waals surface area contributed by atoms with E-state index in [0.717, 1.165) is 27.3 Å². The first-order valence-corrected chi connectivity index (χ1v) is 11.5. The van der Waals surface area contributed by atoms with Gasteiger partial charge in [-0.1, -0.05) is 74.5 Å². The molecule has 2 aromatic carbocycles. The molecular formula is C26H29N5O3. The van der Waals surface area contributed by atoms with Crippen molar-refractivity contribution in [1.82, 2.24) is 25.3 Å². The minimum Gasteiger partial charge on any atom is -0.350 e. The van der Waals surface area contributed by atoms with Crippen LogP contribution in [0.25, 0.3) is 11.3 Å². The molecule has 1 aliphatic rings. The number of hydrogen-bond donors (Lipinski definition) is 2. The van der Waals surface area contributed by atoms with E-state index >= 15 is 0 Å². The minimum atomic E-state index is -0.920. The third-order valence-corrected chi connectivity index (χ3v) is 6.30. The van der Waals surface area contributed by atoms with Gasteiger partial charge in [0.15, 0.2) is 0 Å². The molecule has 4 amide bonds. The van der Waals surface area contributed by atoms with Crippen LogP contribution in [0.2, 0.25) is 0 Å². The molecule has 1 aliphatic heterocycles. The average molecular weight is 460 g/mol. The SMILES string of the molecule is CCC1(CC)NC(=O)N(CC(=O)NCc2cn(Cc3ccccc3)nc2-c2ccccc2)C1=O. The Morgan fingerprint density at radius 2 is 1.65 bits per heavy atom. The number of carbonyl (C=O) groups excluding carboxylic acids is 3. The molecule has 8 nitrogen and oxygen atoms in total. The second-order valence-electron chi connectivity index (χ2n) is 8.44. The van der Waals surface area contributed by atoms with Gasteiger partial charge in [0.1, 0.15) is 12.1 Å². The molecule has 8 heteroatoms. The van der Waals surface area contributed by atoms with Gasteiger partial charge in [0.25, 0.3) is 5.91 Å². The molecule has 2 heterocycles. The molecule has 0 unspecified atom stereocenters. The Hall–Kier alpha value is -3.94. The van der Waals surface area contributed by atoms with E-state index in [0.29, 0.717) is 19.4 Å². The number of aromatic nitrogens is 2. The standard InChI is InChI=1S/C26H29N5O3/c1-3-26(4-2)24(33)31(25(34)28-26)18-22(32)27-15-21-17-30(16-19-11-7-5-8-12-19)29-23(21)20-13-9-6-10-14-20/h5-14,17H,3-4,15-16,18H2,1-2H3,(H,27,32)(H,28,34). The van der Waals surface area contributed by atoms with Crippen molar-refractivity contribution in [2.24, 2.45) is 0 Å². The smallest absolute Gasteiger partial charge is 0.325 e. The van der Waals surface area contributed by atoms with E-state index in [2.05, 4.69) is 10.6 Å². The molecule has 2 N–H and O–H groups in total. The summed E-state index contributed by atoms with van der Waals surface area (Å²) in [5.74, 6) is -0.750. The normalized spacial score (nSPS) is 14.8. The molecule has 1 aromatic heterocycles. The first-order valence-electron chi connectivity index (χ1n) is 11.5. The number of rotatable bonds is 9. The molecule has 0 bridgehead atoms. The van der Waals surface area contributed by atoms with Crippen molar-refractivity contribution in [3.05, 3.63) is 78.0 Å². The maximum atomic E-state index is 12.8. The van der Waals surface area contributed by atoms with Crippen LogP contribution in [0.15, 0.2) is 66.9 Å². The number of nitrogens with one attached hydrogen (secondary N) is 2. The Bertz CT molecular complexity index is 1170. The van der Waals surface area contributed by atoms with Gasteiger partial charge < -0.3 is 10.6 Å². The lowest BCUT2D eigenvalue weighted by molar-refractivity contribution is -0.135. The highest BCUT2D eigenvalue weighted by atomic mass is 16.2. The fourth-order valence-electron chi connectivity index (χ4n) is 4.22. The van der Waals surface area contributed by atoms with Crippen LogP contribution < -0.4 is 10.6 Å². The van der Waals surface area contributed by atoms with Crippen LogP contribution >= 0.6 is 0 Å². The predicted molar refractivity (Wildman–Crippen MR) is 129 cm³/mol. The molecule has 0 atom stereocenters. The topological polar surface area (TPSA) is 96.3 Å². The van der Waals surface area contributed by atoms with Crippen molar-refractivity contribution in [2.75, 3.05) is 6.54 Å². The highest BCUT2D eigenvalue weighted by Gasteiger charge is 2.49. The van der Waals surface area contributed by atoms with E-state index in [1.807, 2.05) is 85.4 Å². The van der Waals surface area contributed by atoms with E-state index in [1.54, 1.807) is 0 Å². The van der Waals surface area contributed by atoms with Gasteiger partial charge in [-0.25, -0.2) is 4.79 Å². The van der Waals surface area contributed by atoms with E-state index in [9.17, 15) is 14.4 Å². The highest BCUT2D eigenvalue weighted by molar-refractivity contribution is 6.09. The van der Waals surface area contributed by atoms with Crippen LogP contribution in [-0.4, -0.2) is 44.6 Å². The number of carbonyl (C=O) groups is 3. The first kappa shape index (κ1) is 23.2. The lowest BCUT2D eigenvalue weighted by Gasteiger charge is -2.23. The second-order valence-corrected chi connectivity index (χ2v) is 8.44. The molecule has 0 saturated carbocycles. The van der Waals surface area contributed by atoms with Crippen LogP contribution in [0.5, 0.6) is 0 Å². The average Bonchev–Trinajstić information content (AvgIpc) is 3.37. The van der Waals surface area contributed by atoms with Crippen molar-refractivity contribution in [2.45, 2.75) is 45.3 Å². The van der Waals surface area contributed by atoms with Crippen molar-refractivity contribution in [3.8, 4) is 11.3 Å². The Balaban J connectivity index is 1.48. The van der Waals surface area contributed by atoms with Gasteiger partial charge in [0.2, 0.25) is 5.91 Å². The van der Waals surface area contributed by atoms with Crippen LogP contribution in [0.4, 0.5) is 4.79 Å². The zero-order valence-electron chi connectivity index (χ0n) is 19.5. The molecule has 0 aliphatic carbocycles. The first-order chi connectivity index (χ1) is 16.5. The summed E-state index contributed by atoms with van der Waals surface area (Å²) < 4.78 is 1.85. The zero-order chi connectivity index (χ0) is 24.1. The van der Waals surface area contributed by atoms with Gasteiger partial charge in [0, 0.05) is 23.9 Å². The Labute approximate surface area is 199 Å². The molecule has 1 fully saturated rings. The predicted octanol–water partition coefficient (Wildman–Crippen LogP) is 3.33. The maximum Gasteiger partial charge on any atom is 0.325 e. The van der Waals surface area contributed by atoms with Crippen molar-refractivity contribution < 1.29 is 14.4 Å². The third kappa shape index (κ3) is 4.71. The van der Waals surface area contributed by atoms with E-state index in [1.165, 1.54) is 0 Å². The van der Waals surface area contributed by atoms with E-state index in [-0.39, 0.29) is 19.0 Å². The number of nitrogens with zero attached hydrogens (tertiary/aromatic N) is 3. The largest absolute Gasteiger partial charge is 0.350 e. The number of imide groups is 1. The van der Waals surface area contributed by atoms with Crippen LogP contribution in [0.3, 0.4) is 0 Å². The Kier molecular flexibility index (Phi) is 6.77. The summed E-state index contributed by atoms with van der Waals surface area (Å²) in [6.45, 7) is 4.22. The summed E-state index contributed by atoms with van der Waals surface area (Å²) >= 11 is 0. The quantitative estimate of drug-likeness (QED) is 0.480. The number of hydrogen-bond acceptors (Lipinski definition) is 4. The highest BCUT2D eigenvalue weighted by Crippen LogP contribution is 2.25. The maximum absolute atomic E-state index is 12.8. The van der Waals surface area contributed by atoms with Gasteiger partial charge in [-0.15, -0.1) is 0 Å². The summed E-state index contributed by atoms with van der Waals surface area (Å²) in [5.41, 5.74) is 2.78. The fraction of sp³-hybridized carbons (Fsp3) is 0.308. The van der Waals surface area contributed by atoms with Gasteiger partial charge in [-0.05, 0) is 18.4 Å². The molecule has 176 valence electrons. The van der Waals surface area contributed by atoms with Crippen molar-refractivity contribution in [1.29, 1.82) is 0 Å². The summed E-state index contributed by atoms with van der Waals surface area (Å²) in [4.78, 5) is 38.8. The monoisotopic (exact) mass is 459 g/mol. The summed E-state index contributed by atoms with van der Waals surface area (Å²) in [6.07, 6.45) is 2.88. The number of amides is 4. The van der Waals surface area contributed by atoms with Gasteiger partial charge in [-0.2, -0.15) is 5.10 Å². The fourth-order valence-corrected chi connectivity index (χ4v) is 4.22. The molecule has 34 heavy (non-hydrogen) atoms. The molecule has 3 aromatic rings. The lowest BCUT2D eigenvalue weighted by Crippen LogP contribution is -2.46. The Morgan fingerprint density at radius 1 is 1.00 bits per heavy atom. The third-order valence-electron chi connectivity index (χ3n) is 6.30. The van der Waals surface area contributed by atoms with Crippen molar-refractivity contribution in [3.63, 3.8) is 0 Å². The van der Waals surface area contributed by atoms with Gasteiger partial charge in [0.05, 0.1) is 12.2 Å². The molecule has 0 spiro atoms. The molecular weight excluding hydrogens is 430 g/mol. The number of benzene rings is 2. The van der Waals surface area contributed by atoms with Crippen LogP contribution in [-0.2, 0) is 22.7 Å². The number of urea groups is 1. The molecule has 4 rings (SSSR count).